The SMILES string of the molecule is CCN(CC)C(=O)[C@H](OC(=O)c1ccc(NC)c([N+](=O)[O-])c1)c1ccccc1. The number of hydrogen-bond donors (Lipinski definition) is 1. The van der Waals surface area contributed by atoms with Crippen LogP contribution in [0.2, 0.25) is 0 Å². The van der Waals surface area contributed by atoms with Crippen LogP contribution in [0.3, 0.4) is 0 Å². The summed E-state index contributed by atoms with van der Waals surface area (Å²) in [5.41, 5.74) is 0.566. The van der Waals surface area contributed by atoms with Crippen molar-refractivity contribution in [3.8, 4) is 0 Å². The van der Waals surface area contributed by atoms with Gasteiger partial charge in [-0.15, -0.1) is 0 Å². The number of nitrogens with zero attached hydrogens (tertiary/aromatic N) is 2. The highest BCUT2D eigenvalue weighted by atomic mass is 16.6. The minimum absolute atomic E-state index is 0.000946. The molecule has 0 aliphatic carbocycles. The third kappa shape index (κ3) is 4.64. The van der Waals surface area contributed by atoms with Crippen LogP contribution < -0.4 is 5.32 Å². The molecule has 8 nitrogen and oxygen atoms in total. The van der Waals surface area contributed by atoms with E-state index in [4.69, 9.17) is 4.74 Å². The first-order chi connectivity index (χ1) is 13.4. The topological polar surface area (TPSA) is 102 Å². The molecule has 0 aliphatic heterocycles. The number of likely N-dealkylation sites (N-methyl/N-ethyl adjacent to an activating group) is 1. The zero-order chi connectivity index (χ0) is 20.7. The second kappa shape index (κ2) is 9.50. The number of hydrogen-bond acceptors (Lipinski definition) is 6. The van der Waals surface area contributed by atoms with Crippen molar-refractivity contribution in [3.63, 3.8) is 0 Å². The van der Waals surface area contributed by atoms with Crippen molar-refractivity contribution in [3.05, 3.63) is 69.8 Å². The van der Waals surface area contributed by atoms with Crippen LogP contribution in [0.5, 0.6) is 0 Å². The predicted octanol–water partition coefficient (Wildman–Crippen LogP) is 3.40. The highest BCUT2D eigenvalue weighted by molar-refractivity contribution is 5.94. The van der Waals surface area contributed by atoms with E-state index in [1.54, 1.807) is 42.3 Å². The molecule has 0 aliphatic rings. The quantitative estimate of drug-likeness (QED) is 0.424. The van der Waals surface area contributed by atoms with Crippen molar-refractivity contribution in [1.82, 2.24) is 4.90 Å². The van der Waals surface area contributed by atoms with E-state index < -0.39 is 17.0 Å². The highest BCUT2D eigenvalue weighted by Gasteiger charge is 2.29. The lowest BCUT2D eigenvalue weighted by atomic mass is 10.1. The molecule has 2 aromatic carbocycles. The van der Waals surface area contributed by atoms with Crippen molar-refractivity contribution >= 4 is 23.3 Å². The number of carbonyl (C=O) groups excluding carboxylic acids is 2. The highest BCUT2D eigenvalue weighted by Crippen LogP contribution is 2.27. The van der Waals surface area contributed by atoms with Gasteiger partial charge in [0.2, 0.25) is 6.10 Å². The fraction of sp³-hybridized carbons (Fsp3) is 0.300. The zero-order valence-corrected chi connectivity index (χ0v) is 16.0. The van der Waals surface area contributed by atoms with E-state index in [1.165, 1.54) is 12.1 Å². The van der Waals surface area contributed by atoms with Gasteiger partial charge in [-0.25, -0.2) is 4.79 Å². The summed E-state index contributed by atoms with van der Waals surface area (Å²) in [6.45, 7) is 4.62. The van der Waals surface area contributed by atoms with Gasteiger partial charge in [-0.1, -0.05) is 30.3 Å². The van der Waals surface area contributed by atoms with Crippen LogP contribution in [-0.2, 0) is 9.53 Å². The summed E-state index contributed by atoms with van der Waals surface area (Å²) < 4.78 is 5.50. The van der Waals surface area contributed by atoms with Gasteiger partial charge in [0.15, 0.2) is 0 Å². The summed E-state index contributed by atoms with van der Waals surface area (Å²) in [6.07, 6.45) is -1.13. The maximum atomic E-state index is 12.9. The van der Waals surface area contributed by atoms with Gasteiger partial charge in [-0.05, 0) is 26.0 Å². The van der Waals surface area contributed by atoms with Gasteiger partial charge in [0.05, 0.1) is 10.5 Å². The Labute approximate surface area is 163 Å². The molecule has 1 N–H and O–H groups in total. The van der Waals surface area contributed by atoms with Crippen LogP contribution >= 0.6 is 0 Å². The molecule has 0 unspecified atom stereocenters. The van der Waals surface area contributed by atoms with Gasteiger partial charge >= 0.3 is 5.97 Å². The summed E-state index contributed by atoms with van der Waals surface area (Å²) in [5.74, 6) is -1.15. The van der Waals surface area contributed by atoms with E-state index >= 15 is 0 Å². The average molecular weight is 385 g/mol. The molecule has 0 saturated heterocycles. The Kier molecular flexibility index (Phi) is 7.08. The van der Waals surface area contributed by atoms with Gasteiger partial charge in [0, 0.05) is 31.8 Å². The van der Waals surface area contributed by atoms with Crippen LogP contribution in [0.1, 0.15) is 35.9 Å². The standard InChI is InChI=1S/C20H23N3O5/c1-4-22(5-2)19(24)18(14-9-7-6-8-10-14)28-20(25)15-11-12-16(21-3)17(13-15)23(26)27/h6-13,18,21H,4-5H2,1-3H3/t18-/m1/s1. The number of nitro benzene ring substituents is 1. The Hall–Kier alpha value is -3.42. The molecule has 0 radical (unpaired) electrons. The predicted molar refractivity (Wildman–Crippen MR) is 105 cm³/mol. The largest absolute Gasteiger partial charge is 0.444 e. The fourth-order valence-corrected chi connectivity index (χ4v) is 2.79. The molecule has 28 heavy (non-hydrogen) atoms. The summed E-state index contributed by atoms with van der Waals surface area (Å²) in [5, 5.41) is 13.9. The number of ether oxygens (including phenoxy) is 1. The third-order valence-corrected chi connectivity index (χ3v) is 4.33. The second-order valence-electron chi connectivity index (χ2n) is 5.95. The van der Waals surface area contributed by atoms with E-state index in [9.17, 15) is 19.7 Å². The summed E-state index contributed by atoms with van der Waals surface area (Å²) in [6, 6.07) is 12.7. The fourth-order valence-electron chi connectivity index (χ4n) is 2.79. The van der Waals surface area contributed by atoms with Crippen LogP contribution in [0.25, 0.3) is 0 Å². The van der Waals surface area contributed by atoms with Crippen molar-refractivity contribution in [1.29, 1.82) is 0 Å². The van der Waals surface area contributed by atoms with Gasteiger partial charge < -0.3 is 15.0 Å². The Morgan fingerprint density at radius 2 is 1.79 bits per heavy atom. The lowest BCUT2D eigenvalue weighted by Gasteiger charge is -2.25. The number of anilines is 1. The lowest BCUT2D eigenvalue weighted by molar-refractivity contribution is -0.384. The molecule has 0 aromatic heterocycles. The third-order valence-electron chi connectivity index (χ3n) is 4.33. The van der Waals surface area contributed by atoms with E-state index in [0.29, 0.717) is 18.7 Å². The molecule has 1 amide bonds. The molecular weight excluding hydrogens is 362 g/mol. The van der Waals surface area contributed by atoms with Crippen molar-refractivity contribution in [2.24, 2.45) is 0 Å². The monoisotopic (exact) mass is 385 g/mol. The molecule has 0 spiro atoms. The molecule has 0 fully saturated rings. The maximum Gasteiger partial charge on any atom is 0.339 e. The minimum atomic E-state index is -1.13. The van der Waals surface area contributed by atoms with E-state index in [-0.39, 0.29) is 22.8 Å². The second-order valence-corrected chi connectivity index (χ2v) is 5.95. The Morgan fingerprint density at radius 1 is 1.14 bits per heavy atom. The number of esters is 1. The number of benzene rings is 2. The smallest absolute Gasteiger partial charge is 0.339 e. The number of carbonyl (C=O) groups is 2. The first-order valence-electron chi connectivity index (χ1n) is 8.93. The van der Waals surface area contributed by atoms with Crippen LogP contribution in [0.15, 0.2) is 48.5 Å². The number of nitrogens with one attached hydrogen (secondary N) is 1. The van der Waals surface area contributed by atoms with Gasteiger partial charge in [-0.3, -0.25) is 14.9 Å². The Bertz CT molecular complexity index is 850. The molecule has 2 aromatic rings. The molecule has 8 heteroatoms. The van der Waals surface area contributed by atoms with E-state index in [1.807, 2.05) is 13.8 Å². The zero-order valence-electron chi connectivity index (χ0n) is 16.0. The Balaban J connectivity index is 2.36. The molecule has 2 rings (SSSR count). The summed E-state index contributed by atoms with van der Waals surface area (Å²) in [7, 11) is 1.55. The normalized spacial score (nSPS) is 11.4. The average Bonchev–Trinajstić information content (AvgIpc) is 2.72. The molecule has 1 atom stereocenters. The van der Waals surface area contributed by atoms with Gasteiger partial charge in [-0.2, -0.15) is 0 Å². The van der Waals surface area contributed by atoms with Crippen LogP contribution in [0, 0.1) is 10.1 Å². The van der Waals surface area contributed by atoms with Gasteiger partial charge in [0.25, 0.3) is 11.6 Å². The number of rotatable bonds is 8. The van der Waals surface area contributed by atoms with Crippen molar-refractivity contribution in [2.45, 2.75) is 20.0 Å². The first kappa shape index (κ1) is 20.9. The summed E-state index contributed by atoms with van der Waals surface area (Å²) in [4.78, 5) is 37.8. The molecule has 148 valence electrons. The molecule has 0 heterocycles. The van der Waals surface area contributed by atoms with Crippen molar-refractivity contribution < 1.29 is 19.2 Å². The first-order valence-corrected chi connectivity index (χ1v) is 8.93. The van der Waals surface area contributed by atoms with Crippen LogP contribution in [-0.4, -0.2) is 41.8 Å². The number of amides is 1. The maximum absolute atomic E-state index is 12.9. The van der Waals surface area contributed by atoms with E-state index in [2.05, 4.69) is 5.32 Å². The molecule has 0 bridgehead atoms. The lowest BCUT2D eigenvalue weighted by Crippen LogP contribution is -2.36. The van der Waals surface area contributed by atoms with Crippen LogP contribution in [0.4, 0.5) is 11.4 Å². The Morgan fingerprint density at radius 3 is 2.32 bits per heavy atom. The van der Waals surface area contributed by atoms with Crippen molar-refractivity contribution in [2.75, 3.05) is 25.5 Å². The van der Waals surface area contributed by atoms with Gasteiger partial charge in [0.1, 0.15) is 5.69 Å². The van der Waals surface area contributed by atoms with E-state index in [0.717, 1.165) is 6.07 Å². The number of nitro groups is 1. The summed E-state index contributed by atoms with van der Waals surface area (Å²) >= 11 is 0. The minimum Gasteiger partial charge on any atom is -0.444 e. The molecule has 0 saturated carbocycles. The molecular formula is C20H23N3O5.